The van der Waals surface area contributed by atoms with Crippen molar-refractivity contribution < 1.29 is 32.3 Å². The van der Waals surface area contributed by atoms with Crippen molar-refractivity contribution in [2.24, 2.45) is 0 Å². The summed E-state index contributed by atoms with van der Waals surface area (Å²) in [4.78, 5) is 26.3. The standard InChI is InChI=1S/C23H21F4N3O3/c1-12-17(26)9-16(10-18(12)27)28-21(32)19-20(31)23(2)4-3-5-30(23)29(22(19)33)11-13-6-14(24)8-15(25)7-13/h6-10,31H,3-5,11H2,1-2H3,(H,28,32). The van der Waals surface area contributed by atoms with Crippen molar-refractivity contribution in [2.45, 2.75) is 38.8 Å². The van der Waals surface area contributed by atoms with E-state index >= 15 is 0 Å². The second kappa shape index (κ2) is 8.18. The maximum Gasteiger partial charge on any atom is 0.277 e. The minimum absolute atomic E-state index is 0.152. The predicted molar refractivity (Wildman–Crippen MR) is 111 cm³/mol. The molecule has 2 aromatic rings. The Labute approximate surface area is 187 Å². The number of fused-ring (bicyclic) bond motifs is 1. The zero-order valence-electron chi connectivity index (χ0n) is 17.9. The van der Waals surface area contributed by atoms with E-state index in [4.69, 9.17) is 0 Å². The summed E-state index contributed by atoms with van der Waals surface area (Å²) in [6.45, 7) is 2.99. The summed E-state index contributed by atoms with van der Waals surface area (Å²) in [6, 6.07) is 4.64. The second-order valence-corrected chi connectivity index (χ2v) is 8.38. The normalized spacial score (nSPS) is 20.9. The third-order valence-electron chi connectivity index (χ3n) is 6.11. The number of aliphatic hydroxyl groups excluding tert-OH is 1. The molecule has 10 heteroatoms. The van der Waals surface area contributed by atoms with Crippen molar-refractivity contribution in [1.82, 2.24) is 10.0 Å². The number of carbonyl (C=O) groups is 2. The molecule has 2 aliphatic heterocycles. The average Bonchev–Trinajstić information content (AvgIpc) is 3.12. The topological polar surface area (TPSA) is 72.9 Å². The predicted octanol–water partition coefficient (Wildman–Crippen LogP) is 4.11. The highest BCUT2D eigenvalue weighted by atomic mass is 19.1. The van der Waals surface area contributed by atoms with Crippen molar-refractivity contribution in [3.63, 3.8) is 0 Å². The number of nitrogens with zero attached hydrogens (tertiary/aromatic N) is 2. The molecule has 1 fully saturated rings. The zero-order chi connectivity index (χ0) is 24.1. The Hall–Kier alpha value is -3.40. The molecular weight excluding hydrogens is 442 g/mol. The summed E-state index contributed by atoms with van der Waals surface area (Å²) >= 11 is 0. The Balaban J connectivity index is 1.71. The van der Waals surface area contributed by atoms with Crippen LogP contribution in [0.4, 0.5) is 23.2 Å². The molecule has 0 spiro atoms. The first-order valence-electron chi connectivity index (χ1n) is 10.3. The van der Waals surface area contributed by atoms with Gasteiger partial charge in [0.2, 0.25) is 0 Å². The molecule has 1 unspecified atom stereocenters. The molecule has 0 saturated carbocycles. The molecule has 0 bridgehead atoms. The Bertz CT molecular complexity index is 1160. The first-order chi connectivity index (χ1) is 15.5. The smallest absolute Gasteiger partial charge is 0.277 e. The second-order valence-electron chi connectivity index (χ2n) is 8.38. The van der Waals surface area contributed by atoms with E-state index in [0.717, 1.165) is 29.3 Å². The van der Waals surface area contributed by atoms with Crippen LogP contribution in [0.2, 0.25) is 0 Å². The largest absolute Gasteiger partial charge is 0.509 e. The highest BCUT2D eigenvalue weighted by Gasteiger charge is 2.52. The SMILES string of the molecule is Cc1c(F)cc(NC(=O)C2=C(O)C3(C)CCCN3N(Cc3cc(F)cc(F)c3)C2=O)cc1F. The van der Waals surface area contributed by atoms with Crippen LogP contribution in [0.25, 0.3) is 0 Å². The lowest BCUT2D eigenvalue weighted by molar-refractivity contribution is -0.160. The number of anilines is 1. The Morgan fingerprint density at radius 1 is 1.09 bits per heavy atom. The lowest BCUT2D eigenvalue weighted by Gasteiger charge is -2.46. The van der Waals surface area contributed by atoms with Crippen molar-refractivity contribution in [3.05, 3.63) is 76.1 Å². The van der Waals surface area contributed by atoms with E-state index in [1.54, 1.807) is 11.9 Å². The highest BCUT2D eigenvalue weighted by Crippen LogP contribution is 2.41. The monoisotopic (exact) mass is 463 g/mol. The molecule has 1 atom stereocenters. The van der Waals surface area contributed by atoms with Crippen LogP contribution in [0, 0.1) is 30.2 Å². The van der Waals surface area contributed by atoms with Crippen LogP contribution in [0.5, 0.6) is 0 Å². The number of rotatable bonds is 4. The summed E-state index contributed by atoms with van der Waals surface area (Å²) < 4.78 is 55.2. The lowest BCUT2D eigenvalue weighted by Crippen LogP contribution is -2.60. The van der Waals surface area contributed by atoms with Gasteiger partial charge in [0.1, 0.15) is 34.6 Å². The number of hydrazine groups is 1. The third kappa shape index (κ3) is 3.95. The molecule has 2 heterocycles. The lowest BCUT2D eigenvalue weighted by atomic mass is 9.90. The van der Waals surface area contributed by atoms with Gasteiger partial charge in [0.15, 0.2) is 0 Å². The number of aliphatic hydroxyl groups is 1. The number of hydrogen-bond acceptors (Lipinski definition) is 4. The number of halogens is 4. The van der Waals surface area contributed by atoms with E-state index in [2.05, 4.69) is 5.32 Å². The van der Waals surface area contributed by atoms with Gasteiger partial charge in [0, 0.05) is 23.9 Å². The van der Waals surface area contributed by atoms with E-state index in [-0.39, 0.29) is 23.4 Å². The van der Waals surface area contributed by atoms with Crippen LogP contribution in [0.15, 0.2) is 41.7 Å². The van der Waals surface area contributed by atoms with E-state index < -0.39 is 52.0 Å². The van der Waals surface area contributed by atoms with Gasteiger partial charge in [0.25, 0.3) is 11.8 Å². The summed E-state index contributed by atoms with van der Waals surface area (Å²) in [7, 11) is 0. The van der Waals surface area contributed by atoms with Gasteiger partial charge in [-0.3, -0.25) is 14.6 Å². The van der Waals surface area contributed by atoms with Gasteiger partial charge in [-0.05, 0) is 56.5 Å². The fraction of sp³-hybridized carbons (Fsp3) is 0.304. The molecule has 33 heavy (non-hydrogen) atoms. The zero-order valence-corrected chi connectivity index (χ0v) is 17.9. The molecule has 6 nitrogen and oxygen atoms in total. The van der Waals surface area contributed by atoms with Crippen LogP contribution in [0.3, 0.4) is 0 Å². The van der Waals surface area contributed by atoms with Crippen molar-refractivity contribution in [3.8, 4) is 0 Å². The van der Waals surface area contributed by atoms with Crippen LogP contribution in [-0.2, 0) is 16.1 Å². The van der Waals surface area contributed by atoms with E-state index in [9.17, 15) is 32.3 Å². The van der Waals surface area contributed by atoms with Crippen LogP contribution in [0.1, 0.15) is 30.9 Å². The van der Waals surface area contributed by atoms with Crippen LogP contribution >= 0.6 is 0 Å². The number of carbonyl (C=O) groups excluding carboxylic acids is 2. The molecule has 2 aliphatic rings. The summed E-state index contributed by atoms with van der Waals surface area (Å²) in [5.41, 5.74) is -2.03. The van der Waals surface area contributed by atoms with Gasteiger partial charge in [-0.2, -0.15) is 0 Å². The van der Waals surface area contributed by atoms with Gasteiger partial charge in [-0.15, -0.1) is 0 Å². The van der Waals surface area contributed by atoms with Gasteiger partial charge >= 0.3 is 0 Å². The highest BCUT2D eigenvalue weighted by molar-refractivity contribution is 6.23. The van der Waals surface area contributed by atoms with Crippen molar-refractivity contribution in [1.29, 1.82) is 0 Å². The first-order valence-corrected chi connectivity index (χ1v) is 10.3. The fourth-order valence-corrected chi connectivity index (χ4v) is 4.33. The van der Waals surface area contributed by atoms with Crippen molar-refractivity contribution >= 4 is 17.5 Å². The Morgan fingerprint density at radius 2 is 1.70 bits per heavy atom. The average molecular weight is 463 g/mol. The molecule has 2 N–H and O–H groups in total. The van der Waals surface area contributed by atoms with E-state index in [0.29, 0.717) is 25.5 Å². The van der Waals surface area contributed by atoms with Crippen LogP contribution < -0.4 is 5.32 Å². The number of amides is 2. The van der Waals surface area contributed by atoms with Gasteiger partial charge in [-0.25, -0.2) is 22.6 Å². The van der Waals surface area contributed by atoms with Gasteiger partial charge < -0.3 is 10.4 Å². The molecule has 2 amide bonds. The fourth-order valence-electron chi connectivity index (χ4n) is 4.33. The molecular formula is C23H21F4N3O3. The number of hydrogen-bond donors (Lipinski definition) is 2. The minimum atomic E-state index is -1.11. The number of benzene rings is 2. The molecule has 2 aromatic carbocycles. The summed E-state index contributed by atoms with van der Waals surface area (Å²) in [6.07, 6.45) is 0.996. The Kier molecular flexibility index (Phi) is 5.65. The maximum atomic E-state index is 13.9. The molecule has 1 saturated heterocycles. The van der Waals surface area contributed by atoms with E-state index in [1.807, 2.05) is 0 Å². The molecule has 0 aromatic heterocycles. The quantitative estimate of drug-likeness (QED) is 0.529. The van der Waals surface area contributed by atoms with Crippen LogP contribution in [-0.4, -0.2) is 39.0 Å². The van der Waals surface area contributed by atoms with Gasteiger partial charge in [-0.1, -0.05) is 0 Å². The molecule has 174 valence electrons. The molecule has 4 rings (SSSR count). The third-order valence-corrected chi connectivity index (χ3v) is 6.11. The molecule has 0 radical (unpaired) electrons. The maximum absolute atomic E-state index is 13.9. The van der Waals surface area contributed by atoms with Gasteiger partial charge in [0.05, 0.1) is 12.1 Å². The van der Waals surface area contributed by atoms with Crippen molar-refractivity contribution in [2.75, 3.05) is 11.9 Å². The summed E-state index contributed by atoms with van der Waals surface area (Å²) in [5, 5.41) is 15.9. The molecule has 0 aliphatic carbocycles. The minimum Gasteiger partial charge on any atom is -0.509 e. The summed E-state index contributed by atoms with van der Waals surface area (Å²) in [5.74, 6) is -5.84. The Morgan fingerprint density at radius 3 is 2.30 bits per heavy atom. The first kappa shape index (κ1) is 22.8. The number of nitrogens with one attached hydrogen (secondary N) is 1. The van der Waals surface area contributed by atoms with E-state index in [1.165, 1.54) is 6.92 Å².